The number of hydrogen-bond acceptors (Lipinski definition) is 4. The maximum atomic E-state index is 12.7. The third kappa shape index (κ3) is 2.53. The Bertz CT molecular complexity index is 752. The number of aliphatic carboxylic acids is 1. The third-order valence-corrected chi connectivity index (χ3v) is 6.16. The summed E-state index contributed by atoms with van der Waals surface area (Å²) < 4.78 is 0. The fraction of sp³-hybridized carbons (Fsp3) is 0.471. The van der Waals surface area contributed by atoms with Gasteiger partial charge in [0.25, 0.3) is 5.91 Å². The topological polar surface area (TPSA) is 109 Å². The maximum Gasteiger partial charge on any atom is 0.307 e. The minimum Gasteiger partial charge on any atom is -0.481 e. The summed E-state index contributed by atoms with van der Waals surface area (Å²) in [6, 6.07) is 0. The highest BCUT2D eigenvalue weighted by Crippen LogP contribution is 2.48. The minimum atomic E-state index is -0.946. The van der Waals surface area contributed by atoms with Crippen LogP contribution in [0, 0.1) is 30.6 Å². The van der Waals surface area contributed by atoms with Crippen molar-refractivity contribution in [3.63, 3.8) is 0 Å². The summed E-state index contributed by atoms with van der Waals surface area (Å²) in [5.41, 5.74) is 6.67. The highest BCUT2D eigenvalue weighted by molar-refractivity contribution is 7.16. The summed E-state index contributed by atoms with van der Waals surface area (Å²) in [5, 5.41) is 12.7. The quantitative estimate of drug-likeness (QED) is 0.708. The van der Waals surface area contributed by atoms with Crippen LogP contribution in [0.5, 0.6) is 0 Å². The van der Waals surface area contributed by atoms with Crippen molar-refractivity contribution in [2.75, 3.05) is 5.32 Å². The van der Waals surface area contributed by atoms with Gasteiger partial charge in [-0.05, 0) is 37.2 Å². The molecule has 2 aliphatic carbocycles. The number of carboxylic acid groups (broad SMARTS) is 1. The van der Waals surface area contributed by atoms with Crippen LogP contribution >= 0.6 is 11.3 Å². The third-order valence-electron chi connectivity index (χ3n) is 5.09. The van der Waals surface area contributed by atoms with E-state index in [1.54, 1.807) is 0 Å². The zero-order valence-electron chi connectivity index (χ0n) is 13.5. The van der Waals surface area contributed by atoms with Gasteiger partial charge < -0.3 is 16.2 Å². The van der Waals surface area contributed by atoms with Gasteiger partial charge >= 0.3 is 5.97 Å². The predicted octanol–water partition coefficient (Wildman–Crippen LogP) is 2.18. The second-order valence-electron chi connectivity index (χ2n) is 6.39. The standard InChI is InChI=1S/C17H20N2O4S/c1-3-10-7(2)24-16(13(10)14(18)20)19-15(21)11-8-4-5-9(6-8)12(11)17(22)23/h4-5,8-9,11-12H,3,6H2,1-2H3,(H2,18,20)(H,19,21)(H,22,23)/t8-,9-,11+,12+/m1/s1. The average molecular weight is 348 g/mol. The summed E-state index contributed by atoms with van der Waals surface area (Å²) in [7, 11) is 0. The number of aryl methyl sites for hydroxylation is 1. The molecule has 0 unspecified atom stereocenters. The molecule has 2 amide bonds. The molecule has 128 valence electrons. The number of carbonyl (C=O) groups excluding carboxylic acids is 2. The van der Waals surface area contributed by atoms with Gasteiger partial charge in [0.2, 0.25) is 5.91 Å². The van der Waals surface area contributed by atoms with Crippen LogP contribution in [0.4, 0.5) is 5.00 Å². The van der Waals surface area contributed by atoms with Gasteiger partial charge in [0, 0.05) is 4.88 Å². The molecule has 0 aromatic carbocycles. The van der Waals surface area contributed by atoms with E-state index < -0.39 is 23.7 Å². The van der Waals surface area contributed by atoms with Crippen LogP contribution < -0.4 is 11.1 Å². The Morgan fingerprint density at radius 3 is 2.46 bits per heavy atom. The number of rotatable bonds is 5. The first-order valence-corrected chi connectivity index (χ1v) is 8.80. The molecular formula is C17H20N2O4S. The van der Waals surface area contributed by atoms with Crippen LogP contribution in [-0.4, -0.2) is 22.9 Å². The molecule has 4 N–H and O–H groups in total. The molecular weight excluding hydrogens is 328 g/mol. The highest BCUT2D eigenvalue weighted by atomic mass is 32.1. The van der Waals surface area contributed by atoms with Crippen molar-refractivity contribution in [3.8, 4) is 0 Å². The predicted molar refractivity (Wildman–Crippen MR) is 90.9 cm³/mol. The van der Waals surface area contributed by atoms with Crippen LogP contribution in [0.15, 0.2) is 12.2 Å². The van der Waals surface area contributed by atoms with Gasteiger partial charge in [-0.1, -0.05) is 19.1 Å². The molecule has 6 nitrogen and oxygen atoms in total. The number of allylic oxidation sites excluding steroid dienone is 2. The maximum absolute atomic E-state index is 12.7. The van der Waals surface area contributed by atoms with E-state index in [9.17, 15) is 19.5 Å². The lowest BCUT2D eigenvalue weighted by molar-refractivity contribution is -0.146. The van der Waals surface area contributed by atoms with Crippen molar-refractivity contribution in [2.24, 2.45) is 29.4 Å². The first-order chi connectivity index (χ1) is 11.3. The van der Waals surface area contributed by atoms with Crippen LogP contribution in [0.1, 0.15) is 34.1 Å². The summed E-state index contributed by atoms with van der Waals surface area (Å²) in [6.07, 6.45) is 5.17. The molecule has 4 atom stereocenters. The van der Waals surface area contributed by atoms with Gasteiger partial charge in [-0.2, -0.15) is 0 Å². The summed E-state index contributed by atoms with van der Waals surface area (Å²) in [4.78, 5) is 37.0. The fourth-order valence-electron chi connectivity index (χ4n) is 4.06. The number of primary amides is 1. The number of hydrogen-bond donors (Lipinski definition) is 3. The second-order valence-corrected chi connectivity index (χ2v) is 7.61. The molecule has 2 aliphatic rings. The van der Waals surface area contributed by atoms with Crippen molar-refractivity contribution >= 4 is 34.1 Å². The van der Waals surface area contributed by atoms with Gasteiger partial charge in [-0.3, -0.25) is 14.4 Å². The van der Waals surface area contributed by atoms with E-state index in [1.165, 1.54) is 11.3 Å². The number of carboxylic acids is 1. The molecule has 1 saturated carbocycles. The van der Waals surface area contributed by atoms with Crippen molar-refractivity contribution in [1.82, 2.24) is 0 Å². The second kappa shape index (κ2) is 6.05. The van der Waals surface area contributed by atoms with E-state index in [4.69, 9.17) is 5.73 Å². The lowest BCUT2D eigenvalue weighted by Gasteiger charge is -2.23. The molecule has 1 aromatic heterocycles. The van der Waals surface area contributed by atoms with Crippen molar-refractivity contribution in [2.45, 2.75) is 26.7 Å². The zero-order chi connectivity index (χ0) is 17.6. The SMILES string of the molecule is CCc1c(C)sc(NC(=O)[C@@H]2[C@@H](C(=O)O)[C@@H]3C=C[C@@H]2C3)c1C(N)=O. The summed E-state index contributed by atoms with van der Waals surface area (Å²) in [6.45, 7) is 3.81. The molecule has 1 aromatic rings. The molecule has 0 radical (unpaired) electrons. The number of nitrogens with one attached hydrogen (secondary N) is 1. The van der Waals surface area contributed by atoms with Crippen LogP contribution in [0.3, 0.4) is 0 Å². The van der Waals surface area contributed by atoms with Gasteiger partial charge in [0.15, 0.2) is 0 Å². The van der Waals surface area contributed by atoms with Crippen molar-refractivity contribution in [3.05, 3.63) is 28.2 Å². The van der Waals surface area contributed by atoms with E-state index in [0.717, 1.165) is 10.4 Å². The number of fused-ring (bicyclic) bond motifs is 2. The van der Waals surface area contributed by atoms with Crippen molar-refractivity contribution in [1.29, 1.82) is 0 Å². The number of carbonyl (C=O) groups is 3. The van der Waals surface area contributed by atoms with Gasteiger partial charge in [-0.15, -0.1) is 11.3 Å². The smallest absolute Gasteiger partial charge is 0.307 e. The number of thiophene rings is 1. The van der Waals surface area contributed by atoms with Crippen LogP contribution in [0.2, 0.25) is 0 Å². The Hall–Kier alpha value is -2.15. The molecule has 3 rings (SSSR count). The Kier molecular flexibility index (Phi) is 4.21. The number of anilines is 1. The number of nitrogens with two attached hydrogens (primary N) is 1. The molecule has 7 heteroatoms. The monoisotopic (exact) mass is 348 g/mol. The molecule has 0 spiro atoms. The van der Waals surface area contributed by atoms with Crippen molar-refractivity contribution < 1.29 is 19.5 Å². The van der Waals surface area contributed by atoms with Crippen LogP contribution in [0.25, 0.3) is 0 Å². The molecule has 24 heavy (non-hydrogen) atoms. The van der Waals surface area contributed by atoms with Gasteiger partial charge in [0.05, 0.1) is 17.4 Å². The van der Waals surface area contributed by atoms with E-state index in [2.05, 4.69) is 5.32 Å². The van der Waals surface area contributed by atoms with Gasteiger partial charge in [-0.25, -0.2) is 0 Å². The minimum absolute atomic E-state index is 0.0557. The zero-order valence-corrected chi connectivity index (χ0v) is 14.4. The first kappa shape index (κ1) is 16.7. The summed E-state index contributed by atoms with van der Waals surface area (Å²) in [5.74, 6) is -3.32. The molecule has 0 aliphatic heterocycles. The normalized spacial score (nSPS) is 27.4. The molecule has 0 saturated heterocycles. The molecule has 1 fully saturated rings. The Labute approximate surface area is 143 Å². The van der Waals surface area contributed by atoms with E-state index >= 15 is 0 Å². The lowest BCUT2D eigenvalue weighted by atomic mass is 9.82. The Morgan fingerprint density at radius 1 is 1.29 bits per heavy atom. The first-order valence-electron chi connectivity index (χ1n) is 7.99. The van der Waals surface area contributed by atoms with E-state index in [1.807, 2.05) is 26.0 Å². The van der Waals surface area contributed by atoms with E-state index in [0.29, 0.717) is 23.4 Å². The fourth-order valence-corrected chi connectivity index (χ4v) is 5.22. The summed E-state index contributed by atoms with van der Waals surface area (Å²) >= 11 is 1.31. The van der Waals surface area contributed by atoms with Gasteiger partial charge in [0.1, 0.15) is 5.00 Å². The Balaban J connectivity index is 1.89. The molecule has 1 heterocycles. The molecule has 2 bridgehead atoms. The lowest BCUT2D eigenvalue weighted by Crippen LogP contribution is -2.36. The largest absolute Gasteiger partial charge is 0.481 e. The highest BCUT2D eigenvalue weighted by Gasteiger charge is 2.51. The van der Waals surface area contributed by atoms with E-state index in [-0.39, 0.29) is 17.7 Å². The number of amides is 2. The van der Waals surface area contributed by atoms with Crippen LogP contribution in [-0.2, 0) is 16.0 Å². The Morgan fingerprint density at radius 2 is 1.92 bits per heavy atom. The average Bonchev–Trinajstić information content (AvgIpc) is 3.18.